The first-order valence-corrected chi connectivity index (χ1v) is 8.13. The summed E-state index contributed by atoms with van der Waals surface area (Å²) in [6.07, 6.45) is 1.96. The van der Waals surface area contributed by atoms with Crippen molar-refractivity contribution in [3.63, 3.8) is 0 Å². The highest BCUT2D eigenvalue weighted by Crippen LogP contribution is 2.25. The largest absolute Gasteiger partial charge is 0.505 e. The summed E-state index contributed by atoms with van der Waals surface area (Å²) >= 11 is 5.89. The second kappa shape index (κ2) is 6.27. The number of fused-ring (bicyclic) bond motifs is 1. The number of carbonyl (C=O) groups is 1. The van der Waals surface area contributed by atoms with Crippen molar-refractivity contribution < 1.29 is 9.90 Å². The van der Waals surface area contributed by atoms with E-state index in [1.54, 1.807) is 7.05 Å². The van der Waals surface area contributed by atoms with E-state index in [-0.39, 0.29) is 23.8 Å². The van der Waals surface area contributed by atoms with Gasteiger partial charge in [-0.15, -0.1) is 0 Å². The van der Waals surface area contributed by atoms with E-state index >= 15 is 0 Å². The number of amides is 1. The molecule has 0 saturated heterocycles. The molecule has 9 heteroatoms. The Morgan fingerprint density at radius 3 is 2.79 bits per heavy atom. The number of aromatic nitrogens is 3. The highest BCUT2D eigenvalue weighted by Gasteiger charge is 2.23. The molecule has 0 bridgehead atoms. The monoisotopic (exact) mass is 351 g/mol. The van der Waals surface area contributed by atoms with Crippen LogP contribution in [0.2, 0.25) is 0 Å². The van der Waals surface area contributed by atoms with Crippen LogP contribution in [0.5, 0.6) is 5.75 Å². The lowest BCUT2D eigenvalue weighted by Gasteiger charge is -2.20. The van der Waals surface area contributed by atoms with Crippen molar-refractivity contribution in [1.82, 2.24) is 19.5 Å². The standard InChI is InChI=1S/C15H18ClN5O3/c1-3-4-8-13(23)12-14(20(2)15(8)24)18-10(17-12)7-21-11(22)6-5-9(16)19-21/h23H,3-7H2,1-2H3,(H,17,18). The van der Waals surface area contributed by atoms with Gasteiger partial charge in [-0.05, 0) is 6.42 Å². The van der Waals surface area contributed by atoms with Crippen molar-refractivity contribution in [2.75, 3.05) is 0 Å². The first-order valence-electron chi connectivity index (χ1n) is 7.75. The van der Waals surface area contributed by atoms with E-state index in [0.717, 1.165) is 6.42 Å². The fourth-order valence-corrected chi connectivity index (χ4v) is 2.95. The molecule has 0 aliphatic carbocycles. The van der Waals surface area contributed by atoms with Crippen LogP contribution in [0.3, 0.4) is 0 Å². The van der Waals surface area contributed by atoms with Gasteiger partial charge in [-0.2, -0.15) is 5.10 Å². The maximum absolute atomic E-state index is 12.3. The molecule has 0 unspecified atom stereocenters. The van der Waals surface area contributed by atoms with Gasteiger partial charge in [0, 0.05) is 19.9 Å². The van der Waals surface area contributed by atoms with Gasteiger partial charge in [0.2, 0.25) is 5.91 Å². The van der Waals surface area contributed by atoms with Crippen LogP contribution in [-0.4, -0.2) is 35.7 Å². The Labute approximate surface area is 142 Å². The molecule has 24 heavy (non-hydrogen) atoms. The highest BCUT2D eigenvalue weighted by molar-refractivity contribution is 6.65. The molecule has 0 saturated carbocycles. The Kier molecular flexibility index (Phi) is 4.31. The summed E-state index contributed by atoms with van der Waals surface area (Å²) in [5.74, 6) is 0.192. The molecule has 2 N–H and O–H groups in total. The molecule has 2 aromatic heterocycles. The minimum absolute atomic E-state index is 0.0831. The highest BCUT2D eigenvalue weighted by atomic mass is 35.5. The quantitative estimate of drug-likeness (QED) is 0.872. The zero-order valence-electron chi connectivity index (χ0n) is 13.5. The summed E-state index contributed by atoms with van der Waals surface area (Å²) in [5, 5.41) is 16.0. The molecule has 0 spiro atoms. The van der Waals surface area contributed by atoms with Crippen LogP contribution < -0.4 is 5.56 Å². The number of carbonyl (C=O) groups excluding carboxylic acids is 1. The fourth-order valence-electron chi connectivity index (χ4n) is 2.76. The maximum atomic E-state index is 12.3. The van der Waals surface area contributed by atoms with Gasteiger partial charge in [-0.25, -0.2) is 9.99 Å². The molecule has 1 aliphatic rings. The predicted molar refractivity (Wildman–Crippen MR) is 90.1 cm³/mol. The lowest BCUT2D eigenvalue weighted by Crippen LogP contribution is -2.30. The minimum Gasteiger partial charge on any atom is -0.505 e. The van der Waals surface area contributed by atoms with Gasteiger partial charge in [-0.1, -0.05) is 24.9 Å². The van der Waals surface area contributed by atoms with Crippen LogP contribution in [0, 0.1) is 0 Å². The molecule has 0 fully saturated rings. The zero-order chi connectivity index (χ0) is 17.4. The minimum atomic E-state index is -0.269. The number of pyridine rings is 1. The molecular formula is C15H18ClN5O3. The number of hydrazone groups is 1. The number of imidazole rings is 1. The molecule has 3 rings (SSSR count). The van der Waals surface area contributed by atoms with Crippen LogP contribution in [0.25, 0.3) is 11.2 Å². The Morgan fingerprint density at radius 1 is 1.33 bits per heavy atom. The third-order valence-electron chi connectivity index (χ3n) is 4.00. The molecule has 1 amide bonds. The normalized spacial score (nSPS) is 15.2. The second-order valence-corrected chi connectivity index (χ2v) is 6.19. The average molecular weight is 352 g/mol. The van der Waals surface area contributed by atoms with Crippen LogP contribution in [0.4, 0.5) is 0 Å². The third kappa shape index (κ3) is 2.77. The summed E-state index contributed by atoms with van der Waals surface area (Å²) in [4.78, 5) is 31.5. The number of aromatic hydroxyl groups is 1. The van der Waals surface area contributed by atoms with Crippen LogP contribution in [0.1, 0.15) is 37.6 Å². The smallest absolute Gasteiger partial charge is 0.258 e. The third-order valence-corrected chi connectivity index (χ3v) is 4.26. The molecule has 3 heterocycles. The van der Waals surface area contributed by atoms with Crippen LogP contribution in [0.15, 0.2) is 9.90 Å². The Balaban J connectivity index is 2.04. The number of hydrogen-bond acceptors (Lipinski definition) is 5. The molecule has 0 aromatic carbocycles. The van der Waals surface area contributed by atoms with Crippen molar-refractivity contribution in [1.29, 1.82) is 0 Å². The summed E-state index contributed by atoms with van der Waals surface area (Å²) in [6.45, 7) is 2.03. The van der Waals surface area contributed by atoms with E-state index < -0.39 is 0 Å². The molecule has 128 valence electrons. The SMILES string of the molecule is CCCc1c(O)c2[nH]c(CN3N=C(Cl)CCC3=O)nc2n(C)c1=O. The van der Waals surface area contributed by atoms with Crippen molar-refractivity contribution in [3.05, 3.63) is 21.7 Å². The number of rotatable bonds is 4. The summed E-state index contributed by atoms with van der Waals surface area (Å²) in [5.41, 5.74) is 0.815. The number of aryl methyl sites for hydroxylation is 1. The van der Waals surface area contributed by atoms with E-state index in [2.05, 4.69) is 15.1 Å². The van der Waals surface area contributed by atoms with Crippen molar-refractivity contribution >= 4 is 33.8 Å². The number of nitrogens with zero attached hydrogens (tertiary/aromatic N) is 4. The van der Waals surface area contributed by atoms with Gasteiger partial charge >= 0.3 is 0 Å². The lowest BCUT2D eigenvalue weighted by atomic mass is 10.1. The average Bonchev–Trinajstić information content (AvgIpc) is 2.97. The topological polar surface area (TPSA) is 104 Å². The van der Waals surface area contributed by atoms with Gasteiger partial charge in [-0.3, -0.25) is 14.2 Å². The summed E-state index contributed by atoms with van der Waals surface area (Å²) < 4.78 is 1.40. The van der Waals surface area contributed by atoms with Crippen molar-refractivity contribution in [3.8, 4) is 5.75 Å². The maximum Gasteiger partial charge on any atom is 0.258 e. The van der Waals surface area contributed by atoms with Gasteiger partial charge < -0.3 is 10.1 Å². The second-order valence-electron chi connectivity index (χ2n) is 5.75. The zero-order valence-corrected chi connectivity index (χ0v) is 14.2. The van der Waals surface area contributed by atoms with E-state index in [0.29, 0.717) is 47.0 Å². The van der Waals surface area contributed by atoms with E-state index in [1.165, 1.54) is 9.58 Å². The molecule has 0 radical (unpaired) electrons. The number of halogens is 1. The lowest BCUT2D eigenvalue weighted by molar-refractivity contribution is -0.132. The Hall–Kier alpha value is -2.35. The molecular weight excluding hydrogens is 334 g/mol. The Bertz CT molecular complexity index is 899. The fraction of sp³-hybridized carbons (Fsp3) is 0.467. The van der Waals surface area contributed by atoms with Crippen molar-refractivity contribution in [2.45, 2.75) is 39.2 Å². The Morgan fingerprint density at radius 2 is 2.08 bits per heavy atom. The number of aromatic amines is 1. The number of nitrogens with one attached hydrogen (secondary N) is 1. The van der Waals surface area contributed by atoms with Crippen molar-refractivity contribution in [2.24, 2.45) is 12.1 Å². The van der Waals surface area contributed by atoms with Gasteiger partial charge in [0.1, 0.15) is 23.1 Å². The summed E-state index contributed by atoms with van der Waals surface area (Å²) in [6, 6.07) is 0. The van der Waals surface area contributed by atoms with E-state index in [1.807, 2.05) is 6.92 Å². The van der Waals surface area contributed by atoms with E-state index in [4.69, 9.17) is 11.6 Å². The first kappa shape index (κ1) is 16.5. The molecule has 8 nitrogen and oxygen atoms in total. The molecule has 0 atom stereocenters. The summed E-state index contributed by atoms with van der Waals surface area (Å²) in [7, 11) is 1.61. The van der Waals surface area contributed by atoms with Crippen LogP contribution in [-0.2, 0) is 24.8 Å². The van der Waals surface area contributed by atoms with Gasteiger partial charge in [0.05, 0.1) is 5.56 Å². The first-order chi connectivity index (χ1) is 11.4. The number of H-pyrrole nitrogens is 1. The van der Waals surface area contributed by atoms with Gasteiger partial charge in [0.15, 0.2) is 11.4 Å². The molecule has 1 aliphatic heterocycles. The van der Waals surface area contributed by atoms with Gasteiger partial charge in [0.25, 0.3) is 5.56 Å². The number of hydrogen-bond donors (Lipinski definition) is 2. The van der Waals surface area contributed by atoms with Crippen LogP contribution >= 0.6 is 11.6 Å². The predicted octanol–water partition coefficient (Wildman–Crippen LogP) is 1.59. The molecule has 2 aromatic rings. The van der Waals surface area contributed by atoms with E-state index in [9.17, 15) is 14.7 Å².